The zero-order chi connectivity index (χ0) is 38.0. The molecule has 55 heavy (non-hydrogen) atoms. The number of anilines is 1. The zero-order valence-electron chi connectivity index (χ0n) is 31.1. The van der Waals surface area contributed by atoms with Gasteiger partial charge in [-0.1, -0.05) is 13.0 Å². The summed E-state index contributed by atoms with van der Waals surface area (Å²) in [5.41, 5.74) is 1.69. The van der Waals surface area contributed by atoms with Crippen molar-refractivity contribution in [3.8, 4) is 23.0 Å². The van der Waals surface area contributed by atoms with Crippen LogP contribution in [0.3, 0.4) is 0 Å². The maximum Gasteiger partial charge on any atom is 0.344 e. The van der Waals surface area contributed by atoms with E-state index in [2.05, 4.69) is 19.8 Å². The standard InChI is InChI=1S/C40H44F3N9O3/c1-3-28-31(42)8-7-24-16-27(53)17-29(33(24)28)35-34(43)36-30(19-44-35)37(46-38(45-36)55-23-40-9-5-11-51(40)22-26(41)18-40)50-10-4-6-32-25(20-50)21-52(47-32)39(54)49-14-12-48(2)13-15-49/h7-8,16-17,19,21,26,53H,3-6,9-15,18,20,22-23H2,1-2H3/t26-,40+/m1/s1. The van der Waals surface area contributed by atoms with Gasteiger partial charge in [0.05, 0.1) is 16.6 Å². The number of phenols is 1. The normalized spacial score (nSPS) is 22.0. The summed E-state index contributed by atoms with van der Waals surface area (Å²) < 4.78 is 54.7. The summed E-state index contributed by atoms with van der Waals surface area (Å²) in [6, 6.07) is 5.61. The first kappa shape index (κ1) is 35.7. The highest BCUT2D eigenvalue weighted by atomic mass is 19.1. The molecule has 0 saturated carbocycles. The van der Waals surface area contributed by atoms with Crippen LogP contribution in [-0.2, 0) is 19.4 Å². The lowest BCUT2D eigenvalue weighted by atomic mass is 9.94. The van der Waals surface area contributed by atoms with E-state index >= 15 is 8.78 Å². The van der Waals surface area contributed by atoms with Crippen LogP contribution in [-0.4, -0.2) is 122 Å². The fraction of sp³-hybridized carbons (Fsp3) is 0.475. The SMILES string of the molecule is CCc1c(F)ccc2cc(O)cc(-c3ncc4c(N5CCCc6nn(C(=O)N7CCN(C)CC7)cc6C5)nc(OC[C@@]56CCCN5C[C@H](F)C6)nc4c3F)c12. The number of piperazine rings is 1. The molecule has 9 rings (SSSR count). The summed E-state index contributed by atoms with van der Waals surface area (Å²) in [6.07, 6.45) is 6.09. The molecule has 3 fully saturated rings. The van der Waals surface area contributed by atoms with Crippen LogP contribution in [0.4, 0.5) is 23.8 Å². The number of aromatic nitrogens is 5. The predicted molar refractivity (Wildman–Crippen MR) is 201 cm³/mol. The Bertz CT molecular complexity index is 2310. The number of hydrogen-bond acceptors (Lipinski definition) is 10. The molecule has 1 N–H and O–H groups in total. The highest BCUT2D eigenvalue weighted by Gasteiger charge is 2.49. The fourth-order valence-electron chi connectivity index (χ4n) is 9.13. The van der Waals surface area contributed by atoms with Crippen molar-refractivity contribution in [2.75, 3.05) is 64.4 Å². The maximum atomic E-state index is 17.2. The van der Waals surface area contributed by atoms with Crippen LogP contribution in [0.15, 0.2) is 36.7 Å². The Morgan fingerprint density at radius 1 is 1.07 bits per heavy atom. The molecule has 0 unspecified atom stereocenters. The van der Waals surface area contributed by atoms with E-state index in [1.165, 1.54) is 29.1 Å². The molecule has 0 bridgehead atoms. The molecular weight excluding hydrogens is 711 g/mol. The largest absolute Gasteiger partial charge is 0.508 e. The monoisotopic (exact) mass is 755 g/mol. The Balaban J connectivity index is 1.13. The quantitative estimate of drug-likeness (QED) is 0.231. The average Bonchev–Trinajstić information content (AvgIpc) is 3.81. The van der Waals surface area contributed by atoms with Crippen molar-refractivity contribution in [3.63, 3.8) is 0 Å². The van der Waals surface area contributed by atoms with Crippen molar-refractivity contribution in [1.29, 1.82) is 0 Å². The number of carbonyl (C=O) groups excluding carboxylic acids is 1. The summed E-state index contributed by atoms with van der Waals surface area (Å²) in [4.78, 5) is 35.7. The number of halogens is 3. The van der Waals surface area contributed by atoms with Gasteiger partial charge in [-0.2, -0.15) is 19.7 Å². The van der Waals surface area contributed by atoms with Crippen molar-refractivity contribution in [2.24, 2.45) is 0 Å². The molecule has 0 radical (unpaired) electrons. The molecule has 2 atom stereocenters. The van der Waals surface area contributed by atoms with Gasteiger partial charge >= 0.3 is 12.0 Å². The first-order valence-corrected chi connectivity index (χ1v) is 19.2. The lowest BCUT2D eigenvalue weighted by Gasteiger charge is -2.32. The molecule has 15 heteroatoms. The highest BCUT2D eigenvalue weighted by molar-refractivity contribution is 6.01. The molecule has 4 aliphatic rings. The van der Waals surface area contributed by atoms with E-state index in [-0.39, 0.29) is 41.2 Å². The molecule has 12 nitrogen and oxygen atoms in total. The Morgan fingerprint density at radius 2 is 1.91 bits per heavy atom. The third-order valence-corrected chi connectivity index (χ3v) is 12.0. The number of carbonyl (C=O) groups is 1. The molecule has 2 aromatic carbocycles. The topological polar surface area (TPSA) is 116 Å². The number of ether oxygens (including phenoxy) is 1. The number of hydrogen-bond donors (Lipinski definition) is 1. The van der Waals surface area contributed by atoms with E-state index in [0.29, 0.717) is 85.9 Å². The molecule has 0 spiro atoms. The number of pyridine rings is 1. The Morgan fingerprint density at radius 3 is 2.73 bits per heavy atom. The Labute approximate surface area is 316 Å². The van der Waals surface area contributed by atoms with Crippen molar-refractivity contribution in [2.45, 2.75) is 63.7 Å². The smallest absolute Gasteiger partial charge is 0.344 e. The molecule has 7 heterocycles. The van der Waals surface area contributed by atoms with Gasteiger partial charge in [0.1, 0.15) is 41.4 Å². The van der Waals surface area contributed by atoms with Gasteiger partial charge in [-0.15, -0.1) is 0 Å². The second kappa shape index (κ2) is 13.9. The van der Waals surface area contributed by atoms with E-state index < -0.39 is 23.3 Å². The zero-order valence-corrected chi connectivity index (χ0v) is 31.1. The van der Waals surface area contributed by atoms with Crippen LogP contribution in [0.1, 0.15) is 49.4 Å². The number of aryl methyl sites for hydroxylation is 2. The number of nitrogens with zero attached hydrogens (tertiary/aromatic N) is 9. The summed E-state index contributed by atoms with van der Waals surface area (Å²) in [7, 11) is 2.04. The Kier molecular flexibility index (Phi) is 9.03. The van der Waals surface area contributed by atoms with Crippen molar-refractivity contribution < 1.29 is 27.8 Å². The van der Waals surface area contributed by atoms with Gasteiger partial charge in [0, 0.05) is 75.8 Å². The van der Waals surface area contributed by atoms with Crippen molar-refractivity contribution >= 4 is 33.5 Å². The molecule has 3 aromatic heterocycles. The minimum Gasteiger partial charge on any atom is -0.508 e. The van der Waals surface area contributed by atoms with E-state index in [0.717, 1.165) is 43.7 Å². The second-order valence-electron chi connectivity index (χ2n) is 15.5. The van der Waals surface area contributed by atoms with Crippen LogP contribution in [0.2, 0.25) is 0 Å². The van der Waals surface area contributed by atoms with Crippen molar-refractivity contribution in [1.82, 2.24) is 39.4 Å². The highest BCUT2D eigenvalue weighted by Crippen LogP contribution is 2.42. The predicted octanol–water partition coefficient (Wildman–Crippen LogP) is 5.71. The van der Waals surface area contributed by atoms with E-state index in [1.807, 2.05) is 23.8 Å². The first-order chi connectivity index (χ1) is 26.6. The number of phenolic OH excluding ortho intramolecular Hbond substituents is 1. The van der Waals surface area contributed by atoms with Gasteiger partial charge in [-0.3, -0.25) is 9.88 Å². The van der Waals surface area contributed by atoms with E-state index in [4.69, 9.17) is 14.8 Å². The number of benzene rings is 2. The number of alkyl halides is 1. The second-order valence-corrected chi connectivity index (χ2v) is 15.5. The Hall–Kier alpha value is -5.02. The number of rotatable bonds is 6. The number of fused-ring (bicyclic) bond motifs is 4. The van der Waals surface area contributed by atoms with Crippen LogP contribution in [0.5, 0.6) is 11.8 Å². The maximum absolute atomic E-state index is 17.2. The van der Waals surface area contributed by atoms with Crippen LogP contribution in [0.25, 0.3) is 32.9 Å². The number of amides is 1. The van der Waals surface area contributed by atoms with Crippen molar-refractivity contribution in [3.05, 3.63) is 65.1 Å². The summed E-state index contributed by atoms with van der Waals surface area (Å²) >= 11 is 0. The minimum atomic E-state index is -0.951. The summed E-state index contributed by atoms with van der Waals surface area (Å²) in [6.45, 7) is 6.86. The summed E-state index contributed by atoms with van der Waals surface area (Å²) in [5, 5.41) is 16.8. The lowest BCUT2D eigenvalue weighted by molar-refractivity contribution is 0.107. The first-order valence-electron chi connectivity index (χ1n) is 19.2. The molecule has 3 saturated heterocycles. The molecule has 0 aliphatic carbocycles. The summed E-state index contributed by atoms with van der Waals surface area (Å²) in [5.74, 6) is -0.906. The fourth-order valence-corrected chi connectivity index (χ4v) is 9.13. The van der Waals surface area contributed by atoms with E-state index in [1.54, 1.807) is 12.3 Å². The van der Waals surface area contributed by atoms with Crippen LogP contribution >= 0.6 is 0 Å². The van der Waals surface area contributed by atoms with Gasteiger partial charge in [-0.05, 0) is 80.2 Å². The van der Waals surface area contributed by atoms with Gasteiger partial charge in [0.25, 0.3) is 0 Å². The molecule has 5 aromatic rings. The molecule has 1 amide bonds. The van der Waals surface area contributed by atoms with E-state index in [9.17, 15) is 14.3 Å². The number of aromatic hydroxyl groups is 1. The third-order valence-electron chi connectivity index (χ3n) is 12.0. The lowest BCUT2D eigenvalue weighted by Crippen LogP contribution is -2.48. The third kappa shape index (κ3) is 6.30. The van der Waals surface area contributed by atoms with Gasteiger partial charge in [0.15, 0.2) is 5.82 Å². The molecule has 288 valence electrons. The number of likely N-dealkylation sites (N-methyl/N-ethyl adjacent to an activating group) is 1. The van der Waals surface area contributed by atoms with Gasteiger partial charge in [0.2, 0.25) is 0 Å². The van der Waals surface area contributed by atoms with Gasteiger partial charge < -0.3 is 24.5 Å². The van der Waals surface area contributed by atoms with Gasteiger partial charge in [-0.25, -0.2) is 18.0 Å². The molecular formula is C40H44F3N9O3. The average molecular weight is 756 g/mol. The molecule has 4 aliphatic heterocycles. The minimum absolute atomic E-state index is 0.0445. The van der Waals surface area contributed by atoms with Crippen LogP contribution < -0.4 is 9.64 Å². The van der Waals surface area contributed by atoms with Crippen LogP contribution in [0, 0.1) is 11.6 Å².